The van der Waals surface area contributed by atoms with Gasteiger partial charge in [0.2, 0.25) is 0 Å². The van der Waals surface area contributed by atoms with Crippen molar-refractivity contribution in [1.29, 1.82) is 0 Å². The maximum Gasteiger partial charge on any atom is 1.00 e. The Morgan fingerprint density at radius 3 is 2.43 bits per heavy atom. The van der Waals surface area contributed by atoms with Gasteiger partial charge in [-0.05, 0) is 18.2 Å². The van der Waals surface area contributed by atoms with Crippen LogP contribution >= 0.6 is 0 Å². The minimum absolute atomic E-state index is 0. The molecule has 1 aromatic rings. The largest absolute Gasteiger partial charge is 1.00 e. The van der Waals surface area contributed by atoms with Gasteiger partial charge >= 0.3 is 35.5 Å². The number of hydrogen-bond donors (Lipinski definition) is 2. The van der Waals surface area contributed by atoms with Crippen LogP contribution in [0.4, 0.5) is 5.69 Å². The van der Waals surface area contributed by atoms with Gasteiger partial charge in [0.1, 0.15) is 0 Å². The fraction of sp³-hybridized carbons (Fsp3) is 0.182. The molecule has 0 unspecified atom stereocenters. The Labute approximate surface area is 143 Å². The molecule has 0 saturated heterocycles. The monoisotopic (exact) mass is 323 g/mol. The number of carboxylic acid groups (broad SMARTS) is 1. The van der Waals surface area contributed by atoms with E-state index in [1.54, 1.807) is 0 Å². The number of aliphatic carboxylic acids is 1. The third-order valence-corrected chi connectivity index (χ3v) is 3.64. The molecule has 0 radical (unpaired) electrons. The second-order valence-electron chi connectivity index (χ2n) is 4.08. The molecule has 8 nitrogen and oxygen atoms in total. The van der Waals surface area contributed by atoms with Crippen molar-refractivity contribution in [2.75, 3.05) is 11.4 Å². The van der Waals surface area contributed by atoms with E-state index in [9.17, 15) is 22.8 Å². The molecule has 2 rings (SSSR count). The molecule has 10 heteroatoms. The van der Waals surface area contributed by atoms with E-state index < -0.39 is 32.7 Å². The fourth-order valence-electron chi connectivity index (χ4n) is 1.87. The molecule has 108 valence electrons. The number of rotatable bonds is 4. The number of carbonyl (C=O) groups excluding carboxylic acids is 2. The molecule has 1 aliphatic rings. The minimum atomic E-state index is -4.48. The van der Waals surface area contributed by atoms with E-state index in [4.69, 9.17) is 9.66 Å². The summed E-state index contributed by atoms with van der Waals surface area (Å²) in [4.78, 5) is 34.4. The van der Waals surface area contributed by atoms with Crippen molar-refractivity contribution < 1.29 is 63.4 Å². The molecule has 0 bridgehead atoms. The first-order valence-electron chi connectivity index (χ1n) is 5.41. The van der Waals surface area contributed by atoms with E-state index in [-0.39, 0.29) is 55.2 Å². The van der Waals surface area contributed by atoms with Crippen molar-refractivity contribution in [3.63, 3.8) is 0 Å². The molecule has 0 aromatic heterocycles. The molecule has 21 heavy (non-hydrogen) atoms. The van der Waals surface area contributed by atoms with Gasteiger partial charge in [0.05, 0.1) is 22.6 Å². The SMILES string of the molecule is O=C(O)CCN1C(=O)C(=O)c2cc(S(=O)(=O)O)ccc21.[H-].[Na+]. The van der Waals surface area contributed by atoms with Crippen LogP contribution in [0.1, 0.15) is 18.2 Å². The first-order valence-corrected chi connectivity index (χ1v) is 6.85. The Hall–Kier alpha value is -1.26. The Balaban J connectivity index is 0.00000220. The molecule has 2 N–H and O–H groups in total. The maximum atomic E-state index is 11.7. The van der Waals surface area contributed by atoms with Gasteiger partial charge in [-0.2, -0.15) is 8.42 Å². The van der Waals surface area contributed by atoms with Gasteiger partial charge in [0.15, 0.2) is 0 Å². The number of carbonyl (C=O) groups is 3. The van der Waals surface area contributed by atoms with Crippen LogP contribution in [-0.4, -0.2) is 42.3 Å². The number of nitrogens with zero attached hydrogens (tertiary/aromatic N) is 1. The van der Waals surface area contributed by atoms with Crippen LogP contribution in [0.2, 0.25) is 0 Å². The summed E-state index contributed by atoms with van der Waals surface area (Å²) in [5, 5.41) is 8.59. The van der Waals surface area contributed by atoms with Gasteiger partial charge in [-0.15, -0.1) is 0 Å². The molecule has 0 fully saturated rings. The second kappa shape index (κ2) is 6.24. The number of ketones is 1. The van der Waals surface area contributed by atoms with E-state index in [0.717, 1.165) is 17.0 Å². The van der Waals surface area contributed by atoms with Crippen molar-refractivity contribution in [3.8, 4) is 0 Å². The molecule has 1 amide bonds. The third-order valence-electron chi connectivity index (χ3n) is 2.79. The van der Waals surface area contributed by atoms with Crippen LogP contribution < -0.4 is 34.5 Å². The van der Waals surface area contributed by atoms with Gasteiger partial charge in [0.25, 0.3) is 21.8 Å². The molecule has 1 aromatic carbocycles. The average molecular weight is 323 g/mol. The Kier molecular flexibility index (Phi) is 5.29. The van der Waals surface area contributed by atoms with Crippen LogP contribution in [-0.2, 0) is 19.7 Å². The second-order valence-corrected chi connectivity index (χ2v) is 5.51. The Morgan fingerprint density at radius 2 is 1.90 bits per heavy atom. The van der Waals surface area contributed by atoms with Crippen LogP contribution in [0.15, 0.2) is 23.1 Å². The summed E-state index contributed by atoms with van der Waals surface area (Å²) in [6.07, 6.45) is -0.349. The normalized spacial score (nSPS) is 13.9. The van der Waals surface area contributed by atoms with Crippen molar-refractivity contribution in [1.82, 2.24) is 0 Å². The first-order chi connectivity index (χ1) is 9.21. The minimum Gasteiger partial charge on any atom is -1.00 e. The number of Topliss-reactive ketones (excluding diaryl/α,β-unsaturated/α-hetero) is 1. The summed E-state index contributed by atoms with van der Waals surface area (Å²) in [6.45, 7) is -0.196. The van der Waals surface area contributed by atoms with E-state index in [2.05, 4.69) is 0 Å². The maximum absolute atomic E-state index is 11.7. The van der Waals surface area contributed by atoms with Gasteiger partial charge in [-0.25, -0.2) is 0 Å². The molecule has 0 aliphatic carbocycles. The van der Waals surface area contributed by atoms with Gasteiger partial charge in [-0.1, -0.05) is 0 Å². The summed E-state index contributed by atoms with van der Waals surface area (Å²) in [5.74, 6) is -2.99. The van der Waals surface area contributed by atoms with Crippen LogP contribution in [0, 0.1) is 0 Å². The van der Waals surface area contributed by atoms with Crippen LogP contribution in [0.5, 0.6) is 0 Å². The van der Waals surface area contributed by atoms with E-state index in [1.165, 1.54) is 6.07 Å². The number of fused-ring (bicyclic) bond motifs is 1. The van der Waals surface area contributed by atoms with E-state index in [0.29, 0.717) is 0 Å². The Morgan fingerprint density at radius 1 is 1.29 bits per heavy atom. The number of hydrogen-bond acceptors (Lipinski definition) is 5. The number of carboxylic acids is 1. The van der Waals surface area contributed by atoms with Crippen LogP contribution in [0.25, 0.3) is 0 Å². The number of amides is 1. The van der Waals surface area contributed by atoms with Gasteiger partial charge in [0, 0.05) is 6.54 Å². The topological polar surface area (TPSA) is 129 Å². The zero-order valence-corrected chi connectivity index (χ0v) is 13.8. The predicted octanol–water partition coefficient (Wildman–Crippen LogP) is -2.95. The summed E-state index contributed by atoms with van der Waals surface area (Å²) in [6, 6.07) is 3.11. The average Bonchev–Trinajstić information content (AvgIpc) is 2.58. The molecule has 0 atom stereocenters. The molecule has 0 spiro atoms. The van der Waals surface area contributed by atoms with E-state index in [1.807, 2.05) is 0 Å². The molecule has 1 aliphatic heterocycles. The zero-order valence-electron chi connectivity index (χ0n) is 11.9. The van der Waals surface area contributed by atoms with Crippen molar-refractivity contribution in [2.24, 2.45) is 0 Å². The van der Waals surface area contributed by atoms with Crippen molar-refractivity contribution in [2.45, 2.75) is 11.3 Å². The predicted molar refractivity (Wildman–Crippen MR) is 66.3 cm³/mol. The number of benzene rings is 1. The third kappa shape index (κ3) is 3.50. The van der Waals surface area contributed by atoms with Gasteiger partial charge in [-0.3, -0.25) is 18.9 Å². The van der Waals surface area contributed by atoms with Gasteiger partial charge < -0.3 is 11.4 Å². The molecule has 1 heterocycles. The fourth-order valence-corrected chi connectivity index (χ4v) is 2.38. The Bertz CT molecular complexity index is 734. The van der Waals surface area contributed by atoms with Crippen LogP contribution in [0.3, 0.4) is 0 Å². The first kappa shape index (κ1) is 17.8. The molecular weight excluding hydrogens is 313 g/mol. The summed E-state index contributed by atoms with van der Waals surface area (Å²) >= 11 is 0. The van der Waals surface area contributed by atoms with Crippen molar-refractivity contribution >= 4 is 33.5 Å². The van der Waals surface area contributed by atoms with E-state index >= 15 is 0 Å². The van der Waals surface area contributed by atoms with Crippen molar-refractivity contribution in [3.05, 3.63) is 23.8 Å². The summed E-state index contributed by atoms with van der Waals surface area (Å²) < 4.78 is 30.9. The summed E-state index contributed by atoms with van der Waals surface area (Å²) in [5.41, 5.74) is -0.0378. The smallest absolute Gasteiger partial charge is 1.00 e. The standard InChI is InChI=1S/C11H9NO7S.Na.H/c13-9(14)3-4-12-8-2-1-6(20(17,18)19)5-7(8)10(15)11(12)16;;/h1-2,5H,3-4H2,(H,13,14)(H,17,18,19);;/q;+1;-1. The quantitative estimate of drug-likeness (QED) is 0.344. The summed E-state index contributed by atoms with van der Waals surface area (Å²) in [7, 11) is -4.48. The molecule has 0 saturated carbocycles. The number of anilines is 1. The molecular formula is C11H10NNaO7S. The zero-order chi connectivity index (χ0) is 15.1.